The number of benzene rings is 2. The van der Waals surface area contributed by atoms with Crippen LogP contribution < -0.4 is 9.99 Å². The van der Waals surface area contributed by atoms with Crippen LogP contribution in [0.15, 0.2) is 24.3 Å². The van der Waals surface area contributed by atoms with E-state index < -0.39 is 0 Å². The minimum Gasteiger partial charge on any atom is -0.380 e. The van der Waals surface area contributed by atoms with Crippen molar-refractivity contribution in [3.05, 3.63) is 57.6 Å². The Morgan fingerprint density at radius 1 is 0.808 bits per heavy atom. The number of hydrogen-bond donors (Lipinski definition) is 2. The second-order valence-corrected chi connectivity index (χ2v) is 8.95. The molecule has 3 atom stereocenters. The topological polar surface area (TPSA) is 15.3 Å². The Morgan fingerprint density at radius 3 is 1.65 bits per heavy atom. The van der Waals surface area contributed by atoms with Gasteiger partial charge in [0.2, 0.25) is 0 Å². The maximum Gasteiger partial charge on any atom is 0.0503 e. The first-order chi connectivity index (χ1) is 12.1. The molecule has 0 aliphatic carbocycles. The van der Waals surface area contributed by atoms with Gasteiger partial charge in [0.05, 0.1) is 6.04 Å². The van der Waals surface area contributed by atoms with Gasteiger partial charge in [-0.2, -0.15) is 0 Å². The fourth-order valence-electron chi connectivity index (χ4n) is 3.88. The van der Waals surface area contributed by atoms with E-state index in [1.807, 2.05) is 0 Å². The van der Waals surface area contributed by atoms with Gasteiger partial charge in [-0.25, -0.2) is 0 Å². The smallest absolute Gasteiger partial charge is 0.0503 e. The minimum absolute atomic E-state index is 0.301. The summed E-state index contributed by atoms with van der Waals surface area (Å²) in [6.07, 6.45) is 0. The van der Waals surface area contributed by atoms with E-state index in [1.54, 1.807) is 0 Å². The SMILES string of the molecule is Cc1cc(C)c(NC(C)C(C)N(PS)c2c(C)cc(C)cc2C)c(C)c1. The predicted molar refractivity (Wildman–Crippen MR) is 124 cm³/mol. The molecule has 0 aromatic heterocycles. The Labute approximate surface area is 166 Å². The van der Waals surface area contributed by atoms with Crippen LogP contribution in [0.2, 0.25) is 0 Å². The van der Waals surface area contributed by atoms with Crippen molar-refractivity contribution in [2.45, 2.75) is 67.5 Å². The molecule has 0 aliphatic rings. The molecule has 0 saturated carbocycles. The van der Waals surface area contributed by atoms with Crippen molar-refractivity contribution in [1.82, 2.24) is 0 Å². The molecule has 0 radical (unpaired) electrons. The van der Waals surface area contributed by atoms with Crippen molar-refractivity contribution in [1.29, 1.82) is 0 Å². The first kappa shape index (κ1) is 21.1. The highest BCUT2D eigenvalue weighted by Gasteiger charge is 2.23. The molecule has 2 aromatic carbocycles. The highest BCUT2D eigenvalue weighted by atomic mass is 32.7. The molecular formula is C22H33N2PS. The largest absolute Gasteiger partial charge is 0.380 e. The van der Waals surface area contributed by atoms with Gasteiger partial charge in [0.25, 0.3) is 0 Å². The van der Waals surface area contributed by atoms with Crippen LogP contribution in [-0.2, 0) is 0 Å². The molecule has 0 heterocycles. The van der Waals surface area contributed by atoms with Gasteiger partial charge >= 0.3 is 0 Å². The molecule has 0 fully saturated rings. The fraction of sp³-hybridized carbons (Fsp3) is 0.455. The van der Waals surface area contributed by atoms with E-state index in [0.717, 1.165) is 0 Å². The molecule has 0 bridgehead atoms. The summed E-state index contributed by atoms with van der Waals surface area (Å²) in [5, 5.41) is 3.77. The van der Waals surface area contributed by atoms with Gasteiger partial charge in [-0.3, -0.25) is 0 Å². The number of thiol groups is 1. The van der Waals surface area contributed by atoms with Crippen molar-refractivity contribution in [3.8, 4) is 0 Å². The van der Waals surface area contributed by atoms with Gasteiger partial charge in [0, 0.05) is 25.3 Å². The van der Waals surface area contributed by atoms with Crippen LogP contribution in [-0.4, -0.2) is 12.1 Å². The van der Waals surface area contributed by atoms with Crippen molar-refractivity contribution in [2.75, 3.05) is 9.99 Å². The molecule has 3 unspecified atom stereocenters. The zero-order valence-corrected chi connectivity index (χ0v) is 19.3. The van der Waals surface area contributed by atoms with Gasteiger partial charge in [-0.15, -0.1) is 12.2 Å². The summed E-state index contributed by atoms with van der Waals surface area (Å²) in [5.41, 5.74) is 10.5. The Hall–Kier alpha value is -1.18. The van der Waals surface area contributed by atoms with Crippen LogP contribution >= 0.6 is 20.2 Å². The van der Waals surface area contributed by atoms with E-state index in [0.29, 0.717) is 20.0 Å². The maximum atomic E-state index is 4.69. The summed E-state index contributed by atoms with van der Waals surface area (Å²) < 4.78 is 2.43. The molecule has 2 nitrogen and oxygen atoms in total. The third-order valence-electron chi connectivity index (χ3n) is 5.16. The summed E-state index contributed by atoms with van der Waals surface area (Å²) >= 11 is 4.69. The molecule has 2 aromatic rings. The lowest BCUT2D eigenvalue weighted by molar-refractivity contribution is 0.641. The lowest BCUT2D eigenvalue weighted by atomic mass is 10.0. The summed E-state index contributed by atoms with van der Waals surface area (Å²) in [5.74, 6) is 0. The number of anilines is 2. The van der Waals surface area contributed by atoms with Crippen molar-refractivity contribution in [3.63, 3.8) is 0 Å². The first-order valence-electron chi connectivity index (χ1n) is 9.27. The van der Waals surface area contributed by atoms with E-state index >= 15 is 0 Å². The lowest BCUT2D eigenvalue weighted by Gasteiger charge is -2.36. The fourth-order valence-corrected chi connectivity index (χ4v) is 5.58. The van der Waals surface area contributed by atoms with Crippen LogP contribution in [0.1, 0.15) is 47.2 Å². The molecular weight excluding hydrogens is 355 g/mol. The lowest BCUT2D eigenvalue weighted by Crippen LogP contribution is -2.40. The standard InChI is InChI=1S/C22H33N2PS/c1-13-9-15(3)21(16(4)10-13)23-19(7)20(8)24(25-26)22-17(5)11-14(2)12-18(22)6/h9-12,19-20,23,25-26H,1-8H3. The Balaban J connectivity index is 2.30. The molecule has 0 aliphatic heterocycles. The Kier molecular flexibility index (Phi) is 7.05. The molecule has 4 heteroatoms. The monoisotopic (exact) mass is 388 g/mol. The number of aryl methyl sites for hydroxylation is 6. The van der Waals surface area contributed by atoms with Gasteiger partial charge in [-0.1, -0.05) is 35.4 Å². The molecule has 0 spiro atoms. The van der Waals surface area contributed by atoms with Crippen LogP contribution in [0.3, 0.4) is 0 Å². The minimum atomic E-state index is 0.301. The third-order valence-corrected chi connectivity index (χ3v) is 6.66. The highest BCUT2D eigenvalue weighted by Crippen LogP contribution is 2.39. The quantitative estimate of drug-likeness (QED) is 0.424. The Morgan fingerprint density at radius 2 is 1.23 bits per heavy atom. The molecule has 0 amide bonds. The second-order valence-electron chi connectivity index (χ2n) is 7.66. The maximum absolute atomic E-state index is 4.69. The van der Waals surface area contributed by atoms with E-state index in [9.17, 15) is 0 Å². The van der Waals surface area contributed by atoms with E-state index in [2.05, 4.69) is 102 Å². The van der Waals surface area contributed by atoms with E-state index in [1.165, 1.54) is 44.8 Å². The van der Waals surface area contributed by atoms with Crippen molar-refractivity contribution < 1.29 is 0 Å². The molecule has 2 rings (SSSR count). The van der Waals surface area contributed by atoms with Gasteiger partial charge in [-0.05, 0) is 77.6 Å². The van der Waals surface area contributed by atoms with Crippen LogP contribution in [0.25, 0.3) is 0 Å². The average molecular weight is 389 g/mol. The number of nitrogens with zero attached hydrogens (tertiary/aromatic N) is 1. The molecule has 142 valence electrons. The summed E-state index contributed by atoms with van der Waals surface area (Å²) in [4.78, 5) is 0. The summed E-state index contributed by atoms with van der Waals surface area (Å²) in [6.45, 7) is 17.7. The van der Waals surface area contributed by atoms with E-state index in [4.69, 9.17) is 0 Å². The van der Waals surface area contributed by atoms with Gasteiger partial charge in [0.1, 0.15) is 0 Å². The van der Waals surface area contributed by atoms with Crippen LogP contribution in [0.5, 0.6) is 0 Å². The zero-order valence-electron chi connectivity index (χ0n) is 17.4. The molecule has 26 heavy (non-hydrogen) atoms. The van der Waals surface area contributed by atoms with Gasteiger partial charge < -0.3 is 9.99 Å². The molecule has 1 N–H and O–H groups in total. The van der Waals surface area contributed by atoms with Crippen molar-refractivity contribution in [2.24, 2.45) is 0 Å². The molecule has 0 saturated heterocycles. The zero-order chi connectivity index (χ0) is 19.6. The first-order valence-corrected chi connectivity index (χ1v) is 11.5. The normalized spacial score (nSPS) is 13.9. The highest BCUT2D eigenvalue weighted by molar-refractivity contribution is 8.38. The number of nitrogens with one attached hydrogen (secondary N) is 1. The van der Waals surface area contributed by atoms with Crippen molar-refractivity contribution >= 4 is 31.6 Å². The predicted octanol–water partition coefficient (Wildman–Crippen LogP) is 6.67. The van der Waals surface area contributed by atoms with Crippen LogP contribution in [0.4, 0.5) is 11.4 Å². The third kappa shape index (κ3) is 4.56. The van der Waals surface area contributed by atoms with E-state index in [-0.39, 0.29) is 0 Å². The average Bonchev–Trinajstić information content (AvgIpc) is 2.53. The number of hydrogen-bond acceptors (Lipinski definition) is 3. The Bertz CT molecular complexity index is 742. The summed E-state index contributed by atoms with van der Waals surface area (Å²) in [6, 6.07) is 9.66. The number of rotatable bonds is 6. The van der Waals surface area contributed by atoms with Gasteiger partial charge in [0.15, 0.2) is 0 Å². The second kappa shape index (κ2) is 8.67. The van der Waals surface area contributed by atoms with Crippen LogP contribution in [0, 0.1) is 41.5 Å². The summed E-state index contributed by atoms with van der Waals surface area (Å²) in [7, 11) is 0.430.